The summed E-state index contributed by atoms with van der Waals surface area (Å²) in [4.78, 5) is 156. The average molecular weight is 1110 g/mol. The fraction of sp³-hybridized carbons (Fsp3) is 0.520. The molecule has 0 bridgehead atoms. The van der Waals surface area contributed by atoms with Gasteiger partial charge in [0.1, 0.15) is 23.9 Å². The molecule has 2 aliphatic rings. The summed E-state index contributed by atoms with van der Waals surface area (Å²) >= 11 is 0. The van der Waals surface area contributed by atoms with Crippen LogP contribution in [0.15, 0.2) is 42.5 Å². The molecule has 29 nitrogen and oxygen atoms in total. The number of carboxylic acid groups (broad SMARTS) is 6. The number of nitrogens with zero attached hydrogens (tertiary/aromatic N) is 7. The molecule has 3 heterocycles. The van der Waals surface area contributed by atoms with Gasteiger partial charge in [0.05, 0.1) is 50.2 Å². The Hall–Kier alpha value is -8.28. The zero-order valence-corrected chi connectivity index (χ0v) is 43.6. The zero-order valence-electron chi connectivity index (χ0n) is 43.6. The van der Waals surface area contributed by atoms with E-state index in [1.165, 1.54) is 9.80 Å². The zero-order chi connectivity index (χ0) is 57.8. The largest absolute Gasteiger partial charge is 0.481 e. The van der Waals surface area contributed by atoms with Crippen LogP contribution in [0.5, 0.6) is 0 Å². The van der Waals surface area contributed by atoms with Gasteiger partial charge in [0, 0.05) is 103 Å². The van der Waals surface area contributed by atoms with Gasteiger partial charge in [-0.3, -0.25) is 72.3 Å². The maximum atomic E-state index is 13.9. The molecule has 3 aromatic rings. The second-order valence-electron chi connectivity index (χ2n) is 19.3. The van der Waals surface area contributed by atoms with Crippen LogP contribution < -0.4 is 21.3 Å². The molecule has 0 radical (unpaired) electrons. The quantitative estimate of drug-likeness (QED) is 0.0372. The Balaban J connectivity index is 1.24. The van der Waals surface area contributed by atoms with Crippen LogP contribution in [0.3, 0.4) is 0 Å². The van der Waals surface area contributed by atoms with E-state index < -0.39 is 129 Å². The lowest BCUT2D eigenvalue weighted by atomic mass is 10.1. The van der Waals surface area contributed by atoms with Crippen molar-refractivity contribution in [3.63, 3.8) is 0 Å². The molecular weight excluding hydrogens is 1040 g/mol. The molecule has 0 saturated carbocycles. The van der Waals surface area contributed by atoms with Gasteiger partial charge in [0.2, 0.25) is 23.6 Å². The number of rotatable bonds is 27. The Kier molecular flexibility index (Phi) is 23.4. The van der Waals surface area contributed by atoms with Crippen LogP contribution >= 0.6 is 0 Å². The first-order valence-corrected chi connectivity index (χ1v) is 25.5. The molecule has 2 aliphatic heterocycles. The van der Waals surface area contributed by atoms with Gasteiger partial charge in [0.15, 0.2) is 0 Å². The highest BCUT2D eigenvalue weighted by atomic mass is 16.4. The van der Waals surface area contributed by atoms with Crippen molar-refractivity contribution in [2.75, 3.05) is 104 Å². The van der Waals surface area contributed by atoms with E-state index in [4.69, 9.17) is 0 Å². The number of anilines is 1. The normalized spacial score (nSPS) is 16.8. The molecule has 430 valence electrons. The van der Waals surface area contributed by atoms with Gasteiger partial charge in [-0.05, 0) is 55.2 Å². The van der Waals surface area contributed by atoms with Crippen molar-refractivity contribution >= 4 is 82.1 Å². The third-order valence-corrected chi connectivity index (χ3v) is 13.1. The number of hydrogen-bond acceptors (Lipinski definition) is 17. The average Bonchev–Trinajstić information content (AvgIpc) is 3.79. The van der Waals surface area contributed by atoms with E-state index in [-0.39, 0.29) is 103 Å². The molecule has 3 atom stereocenters. The number of carboxylic acids is 6. The van der Waals surface area contributed by atoms with Crippen LogP contribution in [0.1, 0.15) is 60.3 Å². The van der Waals surface area contributed by atoms with E-state index in [0.717, 1.165) is 11.0 Å². The fourth-order valence-corrected chi connectivity index (χ4v) is 9.03. The fourth-order valence-electron chi connectivity index (χ4n) is 9.03. The highest BCUT2D eigenvalue weighted by Crippen LogP contribution is 2.27. The molecular formula is C50H68N12O17. The minimum absolute atomic E-state index is 0.0342. The first-order valence-electron chi connectivity index (χ1n) is 25.5. The number of fused-ring (bicyclic) bond motifs is 2. The van der Waals surface area contributed by atoms with E-state index in [1.807, 2.05) is 24.3 Å². The van der Waals surface area contributed by atoms with Crippen molar-refractivity contribution in [2.24, 2.45) is 0 Å². The van der Waals surface area contributed by atoms with Gasteiger partial charge < -0.3 is 66.7 Å². The Morgan fingerprint density at radius 2 is 1.20 bits per heavy atom. The molecule has 5 amide bonds. The molecule has 2 aromatic carbocycles. The van der Waals surface area contributed by atoms with Gasteiger partial charge in [-0.25, -0.2) is 4.98 Å². The van der Waals surface area contributed by atoms with Crippen molar-refractivity contribution in [1.82, 2.24) is 55.3 Å². The topological polar surface area (TPSA) is 405 Å². The van der Waals surface area contributed by atoms with Gasteiger partial charge >= 0.3 is 35.8 Å². The van der Waals surface area contributed by atoms with Crippen molar-refractivity contribution in [3.8, 4) is 0 Å². The molecule has 1 aromatic heterocycles. The molecule has 0 aliphatic carbocycles. The molecule has 1 unspecified atom stereocenters. The van der Waals surface area contributed by atoms with Crippen molar-refractivity contribution < 1.29 is 83.4 Å². The first kappa shape index (κ1) is 61.6. The second kappa shape index (κ2) is 30.0. The van der Waals surface area contributed by atoms with E-state index in [9.17, 15) is 83.4 Å². The molecule has 1 fully saturated rings. The van der Waals surface area contributed by atoms with Crippen LogP contribution in [0, 0.1) is 0 Å². The van der Waals surface area contributed by atoms with Crippen molar-refractivity contribution in [1.29, 1.82) is 0 Å². The predicted octanol–water partition coefficient (Wildman–Crippen LogP) is -1.89. The standard InChI is InChI=1S/C50H68N12O17/c1-57(26-39-53-34-5-2-3-6-35(34)54-39)49(78)31-7-8-33-32(23-31)25-62(50(79)38(52-33)24-43(68)69)14-4-13-51-47(76)36(9-11-41(64)65)56-48(77)37(10-12-42(66)67)55-40(63)27-58-15-17-59(28-44(70)71)19-21-61(30-46(74)75)22-20-60(18-16-58)29-45(72)73/h2-3,5-8,23,36-38,52H,4,9-22,24-30H2,1H3,(H,51,76)(H,53,54)(H,55,63)(H,56,77)(H,64,65)(H,66,67)(H,68,69)(H,70,71)(H,72,73)(H,74,75)/t36?,37-,38-/m0/s1. The highest BCUT2D eigenvalue weighted by Gasteiger charge is 2.33. The molecule has 79 heavy (non-hydrogen) atoms. The van der Waals surface area contributed by atoms with Gasteiger partial charge in [-0.2, -0.15) is 0 Å². The summed E-state index contributed by atoms with van der Waals surface area (Å²) in [5.74, 6) is -10.4. The van der Waals surface area contributed by atoms with E-state index in [2.05, 4.69) is 31.2 Å². The van der Waals surface area contributed by atoms with Crippen molar-refractivity contribution in [2.45, 2.75) is 69.7 Å². The smallest absolute Gasteiger partial charge is 0.317 e. The molecule has 11 N–H and O–H groups in total. The number of aromatic amines is 1. The summed E-state index contributed by atoms with van der Waals surface area (Å²) in [6, 6.07) is 7.86. The highest BCUT2D eigenvalue weighted by molar-refractivity contribution is 5.96. The Morgan fingerprint density at radius 3 is 1.72 bits per heavy atom. The number of imidazole rings is 1. The van der Waals surface area contributed by atoms with E-state index in [1.54, 1.807) is 44.8 Å². The lowest BCUT2D eigenvalue weighted by molar-refractivity contribution is -0.141. The van der Waals surface area contributed by atoms with Crippen LogP contribution in [-0.2, 0) is 61.0 Å². The third kappa shape index (κ3) is 20.6. The summed E-state index contributed by atoms with van der Waals surface area (Å²) in [6.07, 6.45) is -2.64. The summed E-state index contributed by atoms with van der Waals surface area (Å²) in [6.45, 7) is -0.987. The number of amides is 5. The van der Waals surface area contributed by atoms with Gasteiger partial charge in [-0.15, -0.1) is 0 Å². The minimum atomic E-state index is -1.57. The number of carbonyl (C=O) groups is 11. The van der Waals surface area contributed by atoms with E-state index >= 15 is 0 Å². The van der Waals surface area contributed by atoms with Crippen molar-refractivity contribution in [3.05, 3.63) is 59.4 Å². The predicted molar refractivity (Wildman–Crippen MR) is 277 cm³/mol. The Labute approximate surface area is 452 Å². The summed E-state index contributed by atoms with van der Waals surface area (Å²) < 4.78 is 0. The monoisotopic (exact) mass is 1110 g/mol. The number of carbonyl (C=O) groups excluding carboxylic acids is 5. The van der Waals surface area contributed by atoms with Crippen LogP contribution in [0.25, 0.3) is 11.0 Å². The summed E-state index contributed by atoms with van der Waals surface area (Å²) in [5.41, 5.74) is 2.76. The third-order valence-electron chi connectivity index (χ3n) is 13.1. The molecule has 5 rings (SSSR count). The lowest BCUT2D eigenvalue weighted by Gasteiger charge is -2.33. The van der Waals surface area contributed by atoms with Gasteiger partial charge in [-0.1, -0.05) is 12.1 Å². The Morgan fingerprint density at radius 1 is 0.671 bits per heavy atom. The Bertz CT molecular complexity index is 2640. The van der Waals surface area contributed by atoms with Gasteiger partial charge in [0.25, 0.3) is 5.91 Å². The maximum absolute atomic E-state index is 13.9. The van der Waals surface area contributed by atoms with E-state index in [0.29, 0.717) is 17.1 Å². The number of benzene rings is 2. The first-order chi connectivity index (χ1) is 37.5. The molecule has 1 saturated heterocycles. The summed E-state index contributed by atoms with van der Waals surface area (Å²) in [7, 11) is 1.61. The van der Waals surface area contributed by atoms with Crippen LogP contribution in [-0.4, -0.2) is 252 Å². The lowest BCUT2D eigenvalue weighted by Crippen LogP contribution is -2.55. The number of aromatic nitrogens is 2. The maximum Gasteiger partial charge on any atom is 0.317 e. The summed E-state index contributed by atoms with van der Waals surface area (Å²) in [5, 5.41) is 67.8. The SMILES string of the molecule is CN(Cc1nc2ccccc2[nH]1)C(=O)c1ccc2c(c1)CN(CCCNC(=O)C(CCC(=O)O)NC(=O)[C@H](CCC(=O)O)NC(=O)CN1CCN(CC(=O)O)CCN(CC(=O)O)CCN(CC(=O)O)CC1)C(=O)[C@H](CC(=O)O)N2. The number of H-pyrrole nitrogens is 1. The van der Waals surface area contributed by atoms with Crippen LogP contribution in [0.2, 0.25) is 0 Å². The number of para-hydroxylation sites is 2. The number of nitrogens with one attached hydrogen (secondary N) is 5. The number of hydrogen-bond donors (Lipinski definition) is 11. The minimum Gasteiger partial charge on any atom is -0.481 e. The second-order valence-corrected chi connectivity index (χ2v) is 19.3. The molecule has 0 spiro atoms. The molecule has 29 heteroatoms. The number of aliphatic carboxylic acids is 6. The van der Waals surface area contributed by atoms with Crippen LogP contribution in [0.4, 0.5) is 5.69 Å².